The molecular formula is C35H44N4O2. The molecule has 1 aliphatic rings. The van der Waals surface area contributed by atoms with Crippen LogP contribution in [0.4, 0.5) is 4.79 Å². The fourth-order valence-electron chi connectivity index (χ4n) is 5.04. The molecule has 41 heavy (non-hydrogen) atoms. The molecule has 0 radical (unpaired) electrons. The summed E-state index contributed by atoms with van der Waals surface area (Å²) in [6.45, 7) is 25.4. The second-order valence-corrected chi connectivity index (χ2v) is 11.5. The lowest BCUT2D eigenvalue weighted by atomic mass is 9.92. The van der Waals surface area contributed by atoms with Crippen LogP contribution in [0.5, 0.6) is 0 Å². The Labute approximate surface area is 245 Å². The van der Waals surface area contributed by atoms with E-state index in [2.05, 4.69) is 49.9 Å². The highest BCUT2D eigenvalue weighted by molar-refractivity contribution is 5.83. The van der Waals surface area contributed by atoms with Gasteiger partial charge in [0.15, 0.2) is 0 Å². The van der Waals surface area contributed by atoms with Crippen molar-refractivity contribution in [3.8, 4) is 11.8 Å². The lowest BCUT2D eigenvalue weighted by molar-refractivity contribution is 0.0176. The lowest BCUT2D eigenvalue weighted by Gasteiger charge is -2.31. The highest BCUT2D eigenvalue weighted by atomic mass is 16.6. The second kappa shape index (κ2) is 13.0. The van der Waals surface area contributed by atoms with Crippen LogP contribution in [0.2, 0.25) is 0 Å². The molecule has 0 N–H and O–H groups in total. The molecule has 0 fully saturated rings. The zero-order chi connectivity index (χ0) is 30.5. The number of hydrogen-bond donors (Lipinski definition) is 0. The predicted molar refractivity (Wildman–Crippen MR) is 168 cm³/mol. The first-order chi connectivity index (χ1) is 19.4. The molecule has 1 aromatic carbocycles. The molecule has 3 rings (SSSR count). The number of aromatic nitrogens is 1. The van der Waals surface area contributed by atoms with E-state index in [1.165, 1.54) is 5.57 Å². The van der Waals surface area contributed by atoms with Gasteiger partial charge in [-0.2, -0.15) is 5.26 Å². The minimum absolute atomic E-state index is 0.0205. The number of fused-ring (bicyclic) bond motifs is 1. The number of carbonyl (C=O) groups is 1. The van der Waals surface area contributed by atoms with E-state index in [0.29, 0.717) is 18.5 Å². The molecule has 2 aromatic rings. The third-order valence-electron chi connectivity index (χ3n) is 7.45. The Morgan fingerprint density at radius 2 is 2.00 bits per heavy atom. The van der Waals surface area contributed by atoms with Gasteiger partial charge in [-0.25, -0.2) is 9.79 Å². The maximum absolute atomic E-state index is 13.1. The van der Waals surface area contributed by atoms with Crippen molar-refractivity contribution in [1.29, 1.82) is 5.26 Å². The zero-order valence-electron chi connectivity index (χ0n) is 26.0. The highest BCUT2D eigenvalue weighted by Gasteiger charge is 2.26. The Balaban J connectivity index is 2.23. The number of amides is 1. The van der Waals surface area contributed by atoms with E-state index in [4.69, 9.17) is 9.73 Å². The topological polar surface area (TPSA) is 70.6 Å². The Morgan fingerprint density at radius 3 is 2.59 bits per heavy atom. The lowest BCUT2D eigenvalue weighted by Crippen LogP contribution is -2.42. The van der Waals surface area contributed by atoms with Crippen LogP contribution >= 0.6 is 0 Å². The number of benzene rings is 1. The van der Waals surface area contributed by atoms with Gasteiger partial charge in [0.1, 0.15) is 11.1 Å². The predicted octanol–water partition coefficient (Wildman–Crippen LogP) is 7.31. The molecule has 1 amide bonds. The monoisotopic (exact) mass is 552 g/mol. The van der Waals surface area contributed by atoms with Crippen LogP contribution in [0.15, 0.2) is 72.0 Å². The number of hydrogen-bond acceptors (Lipinski definition) is 4. The summed E-state index contributed by atoms with van der Waals surface area (Å²) in [6, 6.07) is 7.98. The van der Waals surface area contributed by atoms with Crippen LogP contribution in [0, 0.1) is 18.3 Å². The van der Waals surface area contributed by atoms with E-state index >= 15 is 0 Å². The molecule has 1 aliphatic heterocycles. The summed E-state index contributed by atoms with van der Waals surface area (Å²) in [5, 5.41) is 10.6. The van der Waals surface area contributed by atoms with E-state index in [9.17, 15) is 10.1 Å². The average Bonchev–Trinajstić information content (AvgIpc) is 3.17. The third-order valence-corrected chi connectivity index (χ3v) is 7.45. The number of allylic oxidation sites excluding steroid dienone is 4. The first-order valence-corrected chi connectivity index (χ1v) is 14.4. The van der Waals surface area contributed by atoms with Crippen molar-refractivity contribution in [2.45, 2.75) is 86.3 Å². The summed E-state index contributed by atoms with van der Waals surface area (Å²) < 4.78 is 7.80. The minimum atomic E-state index is -0.576. The fraction of sp³-hybridized carbons (Fsp3) is 0.400. The quantitative estimate of drug-likeness (QED) is 0.328. The minimum Gasteiger partial charge on any atom is -0.444 e. The van der Waals surface area contributed by atoms with Crippen LogP contribution in [0.1, 0.15) is 84.4 Å². The van der Waals surface area contributed by atoms with Gasteiger partial charge in [-0.05, 0) is 107 Å². The van der Waals surface area contributed by atoms with E-state index in [1.54, 1.807) is 11.1 Å². The molecule has 1 aromatic heterocycles. The number of aryl methyl sites for hydroxylation is 1. The van der Waals surface area contributed by atoms with Gasteiger partial charge < -0.3 is 14.2 Å². The average molecular weight is 553 g/mol. The normalized spacial score (nSPS) is 14.1. The first-order valence-electron chi connectivity index (χ1n) is 14.4. The van der Waals surface area contributed by atoms with E-state index < -0.39 is 5.60 Å². The van der Waals surface area contributed by atoms with Crippen molar-refractivity contribution in [3.63, 3.8) is 0 Å². The molecule has 0 spiro atoms. The molecule has 0 saturated heterocycles. The van der Waals surface area contributed by atoms with Gasteiger partial charge in [0.2, 0.25) is 0 Å². The fourth-order valence-corrected chi connectivity index (χ4v) is 5.04. The van der Waals surface area contributed by atoms with Crippen LogP contribution in [-0.4, -0.2) is 33.7 Å². The smallest absolute Gasteiger partial charge is 0.410 e. The first kappa shape index (κ1) is 31.4. The highest BCUT2D eigenvalue weighted by Crippen LogP contribution is 2.27. The number of nitriles is 1. The Morgan fingerprint density at radius 1 is 1.29 bits per heavy atom. The van der Waals surface area contributed by atoms with Crippen LogP contribution in [-0.2, 0) is 4.74 Å². The SMILES string of the molecule is C=C1C=CN=c2c(c(/C(=C\C)CC)cn2-c2cc(C#N)ccc2C)=C1C(=C)CCN(C(=O)OC(C)(C)C)[C@H](C)CC. The third kappa shape index (κ3) is 6.97. The Kier molecular flexibility index (Phi) is 9.99. The molecule has 216 valence electrons. The molecule has 0 bridgehead atoms. The van der Waals surface area contributed by atoms with Crippen molar-refractivity contribution >= 4 is 17.2 Å². The standard InChI is InChI=1S/C35H44N4O2/c1-11-26(7)38(34(40)41-35(8,9)10)19-17-25(6)31-24(5)16-18-37-33-32(31)29(28(12-2)13-3)22-39(33)30-20-27(21-36)15-14-23(30)4/h12,14-16,18,20,22,26H,5-6,11,13,17,19H2,1-4,7-10H3/b28-12-/t26-/m1/s1. The van der Waals surface area contributed by atoms with Gasteiger partial charge >= 0.3 is 6.09 Å². The Hall–Kier alpha value is -4.11. The maximum atomic E-state index is 13.1. The van der Waals surface area contributed by atoms with Crippen molar-refractivity contribution in [2.24, 2.45) is 4.99 Å². The van der Waals surface area contributed by atoms with Crippen molar-refractivity contribution in [2.75, 3.05) is 6.54 Å². The number of ether oxygens (including phenoxy) is 1. The molecule has 0 aliphatic carbocycles. The van der Waals surface area contributed by atoms with Gasteiger partial charge in [0, 0.05) is 35.8 Å². The van der Waals surface area contributed by atoms with Gasteiger partial charge in [-0.15, -0.1) is 0 Å². The molecular weight excluding hydrogens is 508 g/mol. The molecule has 6 nitrogen and oxygen atoms in total. The van der Waals surface area contributed by atoms with Crippen LogP contribution < -0.4 is 10.7 Å². The molecule has 2 heterocycles. The van der Waals surface area contributed by atoms with E-state index in [1.807, 2.05) is 65.8 Å². The molecule has 1 atom stereocenters. The van der Waals surface area contributed by atoms with Crippen molar-refractivity contribution < 1.29 is 9.53 Å². The summed E-state index contributed by atoms with van der Waals surface area (Å²) in [6.07, 6.45) is 9.82. The van der Waals surface area contributed by atoms with Gasteiger partial charge in [-0.3, -0.25) is 0 Å². The summed E-state index contributed by atoms with van der Waals surface area (Å²) in [5.41, 5.74) is 7.59. The van der Waals surface area contributed by atoms with Crippen molar-refractivity contribution in [3.05, 3.63) is 94.4 Å². The van der Waals surface area contributed by atoms with Crippen LogP contribution in [0.3, 0.4) is 0 Å². The molecule has 0 saturated carbocycles. The second-order valence-electron chi connectivity index (χ2n) is 11.5. The maximum Gasteiger partial charge on any atom is 0.410 e. The van der Waals surface area contributed by atoms with Crippen LogP contribution in [0.25, 0.3) is 16.8 Å². The zero-order valence-corrected chi connectivity index (χ0v) is 26.0. The summed E-state index contributed by atoms with van der Waals surface area (Å²) in [7, 11) is 0. The number of rotatable bonds is 9. The van der Waals surface area contributed by atoms with E-state index in [0.717, 1.165) is 57.1 Å². The Bertz CT molecular complexity index is 1570. The summed E-state index contributed by atoms with van der Waals surface area (Å²) in [5.74, 6) is 0. The molecule has 6 heteroatoms. The largest absolute Gasteiger partial charge is 0.444 e. The van der Waals surface area contributed by atoms with Gasteiger partial charge in [0.25, 0.3) is 0 Å². The van der Waals surface area contributed by atoms with Gasteiger partial charge in [-0.1, -0.05) is 39.1 Å². The number of carbonyl (C=O) groups excluding carboxylic acids is 1. The molecule has 0 unspecified atom stereocenters. The van der Waals surface area contributed by atoms with Gasteiger partial charge in [0.05, 0.1) is 17.3 Å². The summed E-state index contributed by atoms with van der Waals surface area (Å²) >= 11 is 0. The number of nitrogens with zero attached hydrogens (tertiary/aromatic N) is 4. The van der Waals surface area contributed by atoms with Crippen molar-refractivity contribution in [1.82, 2.24) is 9.47 Å². The van der Waals surface area contributed by atoms with E-state index in [-0.39, 0.29) is 12.1 Å². The summed E-state index contributed by atoms with van der Waals surface area (Å²) in [4.78, 5) is 19.8.